The summed E-state index contributed by atoms with van der Waals surface area (Å²) in [6.07, 6.45) is 0. The molecule has 0 aliphatic heterocycles. The molecule has 0 saturated heterocycles. The molecule has 0 fully saturated rings. The van der Waals surface area contributed by atoms with E-state index in [1.807, 2.05) is 6.07 Å². The van der Waals surface area contributed by atoms with E-state index in [1.165, 1.54) is 0 Å². The Hall–Kier alpha value is -2.01. The summed E-state index contributed by atoms with van der Waals surface area (Å²) in [5.41, 5.74) is 0.0858. The quantitative estimate of drug-likeness (QED) is 0.750. The van der Waals surface area contributed by atoms with Crippen molar-refractivity contribution in [1.29, 1.82) is 0 Å². The van der Waals surface area contributed by atoms with Crippen LogP contribution in [0.25, 0.3) is 5.69 Å². The van der Waals surface area contributed by atoms with Gasteiger partial charge in [0.15, 0.2) is 0 Å². The monoisotopic (exact) mass is 223 g/mol. The van der Waals surface area contributed by atoms with Crippen molar-refractivity contribution < 1.29 is 4.57 Å². The third kappa shape index (κ3) is 1.77. The minimum Gasteiger partial charge on any atom is -0.247 e. The van der Waals surface area contributed by atoms with Gasteiger partial charge < -0.3 is 0 Å². The number of aromatic nitrogens is 4. The molecule has 1 N–H and O–H groups in total. The fraction of sp³-hybridized carbons (Fsp3) is 0. The summed E-state index contributed by atoms with van der Waals surface area (Å²) in [5, 5.41) is 9.29. The molecule has 1 heterocycles. The van der Waals surface area contributed by atoms with Crippen molar-refractivity contribution in [2.75, 3.05) is 5.20 Å². The highest BCUT2D eigenvalue weighted by Gasteiger charge is 2.07. The maximum absolute atomic E-state index is 11.6. The molecule has 0 aliphatic rings. The van der Waals surface area contributed by atoms with E-state index in [0.29, 0.717) is 5.69 Å². The molecule has 76 valence electrons. The number of rotatable bonds is 3. The lowest BCUT2D eigenvalue weighted by Gasteiger charge is -1.95. The number of tetrazole rings is 1. The molecule has 0 unspecified atom stereocenters. The molecule has 0 spiro atoms. The lowest BCUT2D eigenvalue weighted by Crippen LogP contribution is -2.27. The number of benzene rings is 1. The molecule has 0 aliphatic carbocycles. The van der Waals surface area contributed by atoms with Gasteiger partial charge in [-0.2, -0.15) is 4.68 Å². The van der Waals surface area contributed by atoms with E-state index in [4.69, 9.17) is 0 Å². The Morgan fingerprint density at radius 3 is 2.60 bits per heavy atom. The van der Waals surface area contributed by atoms with Gasteiger partial charge in [0, 0.05) is 0 Å². The molecule has 1 aromatic carbocycles. The average Bonchev–Trinajstić information content (AvgIpc) is 2.63. The minimum absolute atomic E-state index is 0.413. The summed E-state index contributed by atoms with van der Waals surface area (Å²) in [7, 11) is -0.413. The summed E-state index contributed by atoms with van der Waals surface area (Å²) >= 11 is 0. The molecule has 0 radical (unpaired) electrons. The standard InChI is InChI=1S/C7H6N5O2P/c13-7-11(6-4-2-1-3-5-6)8-9-12(7)10-15-14/h1-5H,(H,10,14). The Labute approximate surface area is 85.5 Å². The SMILES string of the molecule is O=PNn1nnn(-c2ccccc2)c1=O. The first-order valence-corrected chi connectivity index (χ1v) is 4.83. The maximum atomic E-state index is 11.6. The van der Waals surface area contributed by atoms with Crippen LogP contribution in [-0.4, -0.2) is 19.9 Å². The molecular formula is C7H6N5O2P. The van der Waals surface area contributed by atoms with Crippen LogP contribution in [0.1, 0.15) is 0 Å². The van der Waals surface area contributed by atoms with Crippen LogP contribution in [0.4, 0.5) is 0 Å². The van der Waals surface area contributed by atoms with Gasteiger partial charge in [0.1, 0.15) is 0 Å². The summed E-state index contributed by atoms with van der Waals surface area (Å²) in [4.78, 5) is 12.3. The fourth-order valence-corrected chi connectivity index (χ4v) is 1.28. The first kappa shape index (κ1) is 9.54. The van der Waals surface area contributed by atoms with Crippen LogP contribution in [-0.2, 0) is 4.57 Å². The van der Waals surface area contributed by atoms with Crippen molar-refractivity contribution >= 4 is 8.61 Å². The third-order valence-corrected chi connectivity index (χ3v) is 1.99. The highest BCUT2D eigenvalue weighted by molar-refractivity contribution is 7.24. The fourth-order valence-electron chi connectivity index (χ4n) is 1.08. The van der Waals surface area contributed by atoms with E-state index in [2.05, 4.69) is 15.6 Å². The lowest BCUT2D eigenvalue weighted by atomic mass is 10.3. The molecule has 0 atom stereocenters. The van der Waals surface area contributed by atoms with Gasteiger partial charge in [0.05, 0.1) is 5.69 Å². The van der Waals surface area contributed by atoms with Crippen molar-refractivity contribution in [3.63, 3.8) is 0 Å². The Morgan fingerprint density at radius 2 is 1.93 bits per heavy atom. The van der Waals surface area contributed by atoms with E-state index in [-0.39, 0.29) is 0 Å². The second-order valence-corrected chi connectivity index (χ2v) is 2.99. The summed E-state index contributed by atoms with van der Waals surface area (Å²) in [6, 6.07) is 8.82. The van der Waals surface area contributed by atoms with Crippen LogP contribution in [0, 0.1) is 0 Å². The molecule has 8 heteroatoms. The molecule has 1 aromatic heterocycles. The Morgan fingerprint density at radius 1 is 1.20 bits per heavy atom. The Kier molecular flexibility index (Phi) is 2.55. The topological polar surface area (TPSA) is 81.8 Å². The van der Waals surface area contributed by atoms with Gasteiger partial charge in [0.2, 0.25) is 0 Å². The normalized spacial score (nSPS) is 10.4. The van der Waals surface area contributed by atoms with Gasteiger partial charge >= 0.3 is 5.69 Å². The molecule has 0 bridgehead atoms. The number of hydrogen-bond donors (Lipinski definition) is 1. The van der Waals surface area contributed by atoms with Gasteiger partial charge in [-0.05, 0) is 22.6 Å². The van der Waals surface area contributed by atoms with Gasteiger partial charge in [-0.25, -0.2) is 14.6 Å². The van der Waals surface area contributed by atoms with Gasteiger partial charge in [-0.15, -0.1) is 0 Å². The lowest BCUT2D eigenvalue weighted by molar-refractivity contribution is 0.594. The van der Waals surface area contributed by atoms with Crippen LogP contribution < -0.4 is 10.9 Å². The van der Waals surface area contributed by atoms with Crippen LogP contribution in [0.2, 0.25) is 0 Å². The van der Waals surface area contributed by atoms with Crippen molar-refractivity contribution in [2.24, 2.45) is 0 Å². The second kappa shape index (κ2) is 4.02. The zero-order valence-corrected chi connectivity index (χ0v) is 8.33. The number of para-hydroxylation sites is 1. The van der Waals surface area contributed by atoms with Crippen LogP contribution in [0.3, 0.4) is 0 Å². The molecule has 15 heavy (non-hydrogen) atoms. The van der Waals surface area contributed by atoms with Crippen molar-refractivity contribution in [1.82, 2.24) is 19.9 Å². The molecule has 2 rings (SSSR count). The van der Waals surface area contributed by atoms with Crippen LogP contribution in [0.5, 0.6) is 0 Å². The van der Waals surface area contributed by atoms with Crippen LogP contribution in [0.15, 0.2) is 35.1 Å². The van der Waals surface area contributed by atoms with Crippen LogP contribution >= 0.6 is 8.61 Å². The second-order valence-electron chi connectivity index (χ2n) is 2.61. The van der Waals surface area contributed by atoms with Gasteiger partial charge in [-0.3, -0.25) is 0 Å². The zero-order chi connectivity index (χ0) is 10.7. The third-order valence-electron chi connectivity index (χ3n) is 1.72. The first-order valence-electron chi connectivity index (χ1n) is 4.02. The maximum Gasteiger partial charge on any atom is 0.388 e. The number of nitrogens with one attached hydrogen (secondary N) is 1. The molecule has 7 nitrogen and oxygen atoms in total. The highest BCUT2D eigenvalue weighted by atomic mass is 31.1. The molecule has 2 aromatic rings. The highest BCUT2D eigenvalue weighted by Crippen LogP contribution is 2.00. The molecular weight excluding hydrogens is 217 g/mol. The van der Waals surface area contributed by atoms with Crippen molar-refractivity contribution in [3.05, 3.63) is 40.8 Å². The smallest absolute Gasteiger partial charge is 0.247 e. The number of hydrogen-bond acceptors (Lipinski definition) is 4. The van der Waals surface area contributed by atoms with E-state index < -0.39 is 14.3 Å². The van der Waals surface area contributed by atoms with E-state index in [1.54, 1.807) is 24.3 Å². The summed E-state index contributed by atoms with van der Waals surface area (Å²) in [5.74, 6) is 0. The zero-order valence-electron chi connectivity index (χ0n) is 7.44. The molecule has 0 saturated carbocycles. The Bertz CT molecular complexity index is 520. The predicted octanol–water partition coefficient (Wildman–Crippen LogP) is 0.179. The van der Waals surface area contributed by atoms with E-state index >= 15 is 0 Å². The van der Waals surface area contributed by atoms with E-state index in [0.717, 1.165) is 9.47 Å². The summed E-state index contributed by atoms with van der Waals surface area (Å²) in [6.45, 7) is 0. The first-order chi connectivity index (χ1) is 7.33. The minimum atomic E-state index is -0.510. The Balaban J connectivity index is 2.47. The largest absolute Gasteiger partial charge is 0.388 e. The van der Waals surface area contributed by atoms with Gasteiger partial charge in [0.25, 0.3) is 8.61 Å². The number of nitrogens with zero attached hydrogens (tertiary/aromatic N) is 4. The van der Waals surface area contributed by atoms with Gasteiger partial charge in [-0.1, -0.05) is 23.0 Å². The average molecular weight is 223 g/mol. The van der Waals surface area contributed by atoms with E-state index in [9.17, 15) is 9.36 Å². The van der Waals surface area contributed by atoms with Crippen molar-refractivity contribution in [3.8, 4) is 5.69 Å². The summed E-state index contributed by atoms with van der Waals surface area (Å²) < 4.78 is 11.3. The predicted molar refractivity (Wildman–Crippen MR) is 52.6 cm³/mol. The van der Waals surface area contributed by atoms with Crippen molar-refractivity contribution in [2.45, 2.75) is 0 Å². The molecule has 0 amide bonds.